The van der Waals surface area contributed by atoms with Crippen LogP contribution >= 0.6 is 0 Å². The first-order chi connectivity index (χ1) is 7.77. The van der Waals surface area contributed by atoms with E-state index >= 15 is 0 Å². The highest BCUT2D eigenvalue weighted by Gasteiger charge is 2.50. The van der Waals surface area contributed by atoms with Crippen molar-refractivity contribution in [3.05, 3.63) is 30.3 Å². The highest BCUT2D eigenvalue weighted by molar-refractivity contribution is 5.50. The first kappa shape index (κ1) is 11.5. The molecule has 0 aromatic heterocycles. The molecule has 0 saturated carbocycles. The van der Waals surface area contributed by atoms with Crippen LogP contribution in [0.2, 0.25) is 0 Å². The lowest BCUT2D eigenvalue weighted by atomic mass is 9.73. The van der Waals surface area contributed by atoms with Crippen LogP contribution < -0.4 is 4.90 Å². The van der Waals surface area contributed by atoms with Crippen LogP contribution in [0.1, 0.15) is 13.8 Å². The van der Waals surface area contributed by atoms with Crippen LogP contribution in [0.4, 0.5) is 5.69 Å². The molecule has 0 bridgehead atoms. The molecule has 0 unspecified atom stereocenters. The molecule has 0 aliphatic carbocycles. The Morgan fingerprint density at radius 3 is 2.00 bits per heavy atom. The number of likely N-dealkylation sites (tertiary alicyclic amines) is 1. The van der Waals surface area contributed by atoms with Gasteiger partial charge < -0.3 is 9.80 Å². The summed E-state index contributed by atoms with van der Waals surface area (Å²) in [5, 5.41) is 0. The fourth-order valence-corrected chi connectivity index (χ4v) is 2.88. The van der Waals surface area contributed by atoms with E-state index in [1.807, 2.05) is 13.8 Å². The van der Waals surface area contributed by atoms with Gasteiger partial charge in [0.25, 0.3) is 0 Å². The van der Waals surface area contributed by atoms with Crippen LogP contribution in [0, 0.1) is 5.41 Å². The summed E-state index contributed by atoms with van der Waals surface area (Å²) in [6.07, 6.45) is 0. The van der Waals surface area contributed by atoms with E-state index in [2.05, 4.69) is 47.2 Å². The van der Waals surface area contributed by atoms with E-state index in [0.29, 0.717) is 5.41 Å². The van der Waals surface area contributed by atoms with Gasteiger partial charge in [-0.15, -0.1) is 0 Å². The molecule has 2 heteroatoms. The van der Waals surface area contributed by atoms with Gasteiger partial charge in [0.05, 0.1) is 0 Å². The van der Waals surface area contributed by atoms with Gasteiger partial charge in [0.1, 0.15) is 0 Å². The van der Waals surface area contributed by atoms with Gasteiger partial charge in [-0.05, 0) is 19.2 Å². The minimum absolute atomic E-state index is 0.643. The van der Waals surface area contributed by atoms with Crippen LogP contribution in [0.25, 0.3) is 0 Å². The summed E-state index contributed by atoms with van der Waals surface area (Å²) < 4.78 is 0. The maximum atomic E-state index is 2.48. The third-order valence-electron chi connectivity index (χ3n) is 3.38. The molecule has 2 nitrogen and oxygen atoms in total. The highest BCUT2D eigenvalue weighted by atomic mass is 15.3. The highest BCUT2D eigenvalue weighted by Crippen LogP contribution is 2.40. The third kappa shape index (κ3) is 1.94. The van der Waals surface area contributed by atoms with Gasteiger partial charge >= 0.3 is 0 Å². The summed E-state index contributed by atoms with van der Waals surface area (Å²) >= 11 is 0. The lowest BCUT2D eigenvalue weighted by Gasteiger charge is -2.60. The molecule has 0 amide bonds. The van der Waals surface area contributed by atoms with Crippen molar-refractivity contribution in [2.45, 2.75) is 13.8 Å². The average molecular weight is 218 g/mol. The summed E-state index contributed by atoms with van der Waals surface area (Å²) in [5.41, 5.74) is 2.03. The molecular formula is C14H22N2. The molecule has 16 heavy (non-hydrogen) atoms. The van der Waals surface area contributed by atoms with E-state index in [0.717, 1.165) is 0 Å². The van der Waals surface area contributed by atoms with Gasteiger partial charge in [-0.2, -0.15) is 0 Å². The molecule has 0 radical (unpaired) electrons. The zero-order valence-electron chi connectivity index (χ0n) is 10.6. The van der Waals surface area contributed by atoms with E-state index in [1.54, 1.807) is 0 Å². The number of hydrogen-bond donors (Lipinski definition) is 0. The van der Waals surface area contributed by atoms with Crippen LogP contribution in [-0.4, -0.2) is 38.1 Å². The quantitative estimate of drug-likeness (QED) is 0.714. The number of para-hydroxylation sites is 1. The normalized spacial score (nSPS) is 21.8. The zero-order chi connectivity index (χ0) is 11.6. The second-order valence-electron chi connectivity index (χ2n) is 4.86. The van der Waals surface area contributed by atoms with Crippen LogP contribution in [-0.2, 0) is 0 Å². The fourth-order valence-electron chi connectivity index (χ4n) is 2.88. The van der Waals surface area contributed by atoms with Gasteiger partial charge in [0.2, 0.25) is 0 Å². The molecule has 3 rings (SSSR count). The predicted octanol–water partition coefficient (Wildman–Crippen LogP) is 2.46. The molecule has 2 heterocycles. The molecule has 1 aromatic carbocycles. The Hall–Kier alpha value is -1.02. The lowest BCUT2D eigenvalue weighted by molar-refractivity contribution is -0.00238. The standard InChI is InChI=1S/C12H16N2.C2H6/c1-13-7-12(8-13)9-14(10-12)11-5-3-2-4-6-11;1-2/h2-6H,7-10H2,1H3;1-2H3. The first-order valence-electron chi connectivity index (χ1n) is 6.26. The molecule has 2 fully saturated rings. The maximum Gasteiger partial charge on any atom is 0.0366 e. The minimum Gasteiger partial charge on any atom is -0.370 e. The number of hydrogen-bond acceptors (Lipinski definition) is 2. The second kappa shape index (κ2) is 4.46. The van der Waals surface area contributed by atoms with Crippen LogP contribution in [0.15, 0.2) is 30.3 Å². The molecule has 2 aliphatic rings. The van der Waals surface area contributed by atoms with Crippen molar-refractivity contribution in [2.24, 2.45) is 5.41 Å². The Labute approximate surface area is 98.9 Å². The predicted molar refractivity (Wildman–Crippen MR) is 69.9 cm³/mol. The third-order valence-corrected chi connectivity index (χ3v) is 3.38. The van der Waals surface area contributed by atoms with E-state index in [-0.39, 0.29) is 0 Å². The Morgan fingerprint density at radius 1 is 0.938 bits per heavy atom. The van der Waals surface area contributed by atoms with Gasteiger partial charge in [-0.1, -0.05) is 32.0 Å². The fraction of sp³-hybridized carbons (Fsp3) is 0.571. The number of rotatable bonds is 1. The van der Waals surface area contributed by atoms with Crippen molar-refractivity contribution < 1.29 is 0 Å². The van der Waals surface area contributed by atoms with E-state index in [9.17, 15) is 0 Å². The maximum absolute atomic E-state index is 2.48. The topological polar surface area (TPSA) is 6.48 Å². The summed E-state index contributed by atoms with van der Waals surface area (Å²) in [7, 11) is 2.20. The van der Waals surface area contributed by atoms with E-state index < -0.39 is 0 Å². The summed E-state index contributed by atoms with van der Waals surface area (Å²) in [6, 6.07) is 10.7. The molecule has 2 aliphatic heterocycles. The van der Waals surface area contributed by atoms with E-state index in [1.165, 1.54) is 31.9 Å². The number of nitrogens with zero attached hydrogens (tertiary/aromatic N) is 2. The second-order valence-corrected chi connectivity index (χ2v) is 4.86. The van der Waals surface area contributed by atoms with Gasteiger partial charge in [-0.25, -0.2) is 0 Å². The molecular weight excluding hydrogens is 196 g/mol. The Balaban J connectivity index is 0.000000457. The molecule has 0 N–H and O–H groups in total. The Morgan fingerprint density at radius 2 is 1.50 bits per heavy atom. The van der Waals surface area contributed by atoms with Gasteiger partial charge in [0, 0.05) is 37.3 Å². The summed E-state index contributed by atoms with van der Waals surface area (Å²) in [4.78, 5) is 4.88. The first-order valence-corrected chi connectivity index (χ1v) is 6.26. The number of benzene rings is 1. The number of anilines is 1. The smallest absolute Gasteiger partial charge is 0.0366 e. The zero-order valence-corrected chi connectivity index (χ0v) is 10.6. The Bertz CT molecular complexity index is 320. The van der Waals surface area contributed by atoms with Gasteiger partial charge in [-0.3, -0.25) is 0 Å². The van der Waals surface area contributed by atoms with Crippen molar-refractivity contribution in [2.75, 3.05) is 38.1 Å². The van der Waals surface area contributed by atoms with Crippen molar-refractivity contribution in [3.8, 4) is 0 Å². The van der Waals surface area contributed by atoms with Crippen molar-refractivity contribution >= 4 is 5.69 Å². The van der Waals surface area contributed by atoms with Crippen LogP contribution in [0.5, 0.6) is 0 Å². The summed E-state index contributed by atoms with van der Waals surface area (Å²) in [6.45, 7) is 9.08. The Kier molecular flexibility index (Phi) is 3.20. The lowest BCUT2D eigenvalue weighted by Crippen LogP contribution is -2.71. The average Bonchev–Trinajstić information content (AvgIpc) is 2.25. The molecule has 1 spiro atoms. The summed E-state index contributed by atoms with van der Waals surface area (Å²) in [5.74, 6) is 0. The molecule has 88 valence electrons. The van der Waals surface area contributed by atoms with Crippen molar-refractivity contribution in [1.29, 1.82) is 0 Å². The van der Waals surface area contributed by atoms with Crippen molar-refractivity contribution in [1.82, 2.24) is 4.90 Å². The monoisotopic (exact) mass is 218 g/mol. The largest absolute Gasteiger partial charge is 0.370 e. The van der Waals surface area contributed by atoms with Gasteiger partial charge in [0.15, 0.2) is 0 Å². The van der Waals surface area contributed by atoms with E-state index in [4.69, 9.17) is 0 Å². The molecule has 0 atom stereocenters. The molecule has 2 saturated heterocycles. The minimum atomic E-state index is 0.643. The van der Waals surface area contributed by atoms with Crippen molar-refractivity contribution in [3.63, 3.8) is 0 Å². The molecule has 1 aromatic rings. The van der Waals surface area contributed by atoms with Crippen LogP contribution in [0.3, 0.4) is 0 Å². The SMILES string of the molecule is CC.CN1CC2(C1)CN(c1ccccc1)C2.